The van der Waals surface area contributed by atoms with Crippen LogP contribution in [0.4, 0.5) is 11.4 Å². The molecule has 8 heteroatoms. The summed E-state index contributed by atoms with van der Waals surface area (Å²) >= 11 is 0. The fraction of sp³-hybridized carbons (Fsp3) is 0.742. The van der Waals surface area contributed by atoms with E-state index in [1.807, 2.05) is 46.2 Å². The minimum atomic E-state index is 0.0881. The monoisotopic (exact) mass is 967 g/mol. The molecule has 0 unspecified atom stereocenters. The van der Waals surface area contributed by atoms with E-state index in [1.165, 1.54) is 167 Å². The summed E-state index contributed by atoms with van der Waals surface area (Å²) in [6.07, 6.45) is 47.5. The quantitative estimate of drug-likeness (QED) is 0.0647. The van der Waals surface area contributed by atoms with Crippen molar-refractivity contribution in [3.63, 3.8) is 0 Å². The van der Waals surface area contributed by atoms with Crippen molar-refractivity contribution in [3.05, 3.63) is 58.7 Å². The van der Waals surface area contributed by atoms with Crippen LogP contribution in [0.1, 0.15) is 293 Å². The molecule has 0 atom stereocenters. The maximum absolute atomic E-state index is 13.3. The Morgan fingerprint density at radius 2 is 0.543 bits per heavy atom. The van der Waals surface area contributed by atoms with Crippen molar-refractivity contribution in [2.75, 3.05) is 10.6 Å². The second-order valence-corrected chi connectivity index (χ2v) is 21.5. The molecule has 0 saturated carbocycles. The van der Waals surface area contributed by atoms with Crippen molar-refractivity contribution in [2.24, 2.45) is 0 Å². The maximum atomic E-state index is 13.3. The van der Waals surface area contributed by atoms with Gasteiger partial charge in [0, 0.05) is 51.9 Å². The third-order valence-electron chi connectivity index (χ3n) is 15.2. The highest BCUT2D eigenvalue weighted by atomic mass is 16.2. The number of hydrogen-bond acceptors (Lipinski definition) is 4. The molecule has 2 heterocycles. The van der Waals surface area contributed by atoms with Crippen LogP contribution in [-0.4, -0.2) is 33.4 Å². The minimum Gasteiger partial charge on any atom is -0.334 e. The number of carbonyl (C=O) groups excluding carboxylic acids is 4. The van der Waals surface area contributed by atoms with E-state index in [4.69, 9.17) is 0 Å². The summed E-state index contributed by atoms with van der Waals surface area (Å²) in [4.78, 5) is 56.2. The van der Waals surface area contributed by atoms with Crippen LogP contribution in [-0.2, 0) is 45.4 Å². The number of anilines is 2. The topological polar surface area (TPSA) is 98.8 Å². The molecule has 2 aliphatic rings. The first kappa shape index (κ1) is 58.9. The predicted octanol–water partition coefficient (Wildman–Crippen LogP) is 17.6. The molecule has 4 rings (SSSR count). The van der Waals surface area contributed by atoms with E-state index < -0.39 is 0 Å². The summed E-state index contributed by atoms with van der Waals surface area (Å²) in [7, 11) is 0. The van der Waals surface area contributed by atoms with Gasteiger partial charge in [-0.15, -0.1) is 0 Å². The van der Waals surface area contributed by atoms with Crippen LogP contribution in [0.25, 0.3) is 0 Å². The summed E-state index contributed by atoms with van der Waals surface area (Å²) in [6, 6.07) is 12.2. The van der Waals surface area contributed by atoms with Crippen LogP contribution in [0, 0.1) is 0 Å². The van der Waals surface area contributed by atoms with E-state index in [0.717, 1.165) is 97.8 Å². The average molecular weight is 968 g/mol. The van der Waals surface area contributed by atoms with Crippen molar-refractivity contribution in [1.82, 2.24) is 9.80 Å². The zero-order valence-corrected chi connectivity index (χ0v) is 45.1. The second-order valence-electron chi connectivity index (χ2n) is 21.5. The van der Waals surface area contributed by atoms with Gasteiger partial charge in [-0.1, -0.05) is 256 Å². The normalized spacial score (nSPS) is 12.9. The highest BCUT2D eigenvalue weighted by Gasteiger charge is 2.26. The van der Waals surface area contributed by atoms with Gasteiger partial charge in [-0.3, -0.25) is 19.2 Å². The number of carbonyl (C=O) groups is 4. The molecule has 4 bridgehead atoms. The molecule has 70 heavy (non-hydrogen) atoms. The van der Waals surface area contributed by atoms with Crippen molar-refractivity contribution in [2.45, 2.75) is 297 Å². The van der Waals surface area contributed by atoms with Gasteiger partial charge in [0.2, 0.25) is 23.6 Å². The molecule has 8 nitrogen and oxygen atoms in total. The highest BCUT2D eigenvalue weighted by Crippen LogP contribution is 2.32. The molecule has 0 radical (unpaired) electrons. The first-order valence-corrected chi connectivity index (χ1v) is 29.8. The number of amides is 4. The van der Waals surface area contributed by atoms with Gasteiger partial charge in [0.15, 0.2) is 0 Å². The molecule has 2 aromatic rings. The van der Waals surface area contributed by atoms with Gasteiger partial charge in [0.25, 0.3) is 0 Å². The van der Waals surface area contributed by atoms with Crippen molar-refractivity contribution >= 4 is 35.0 Å². The van der Waals surface area contributed by atoms with E-state index in [1.54, 1.807) is 0 Å². The van der Waals surface area contributed by atoms with E-state index in [-0.39, 0.29) is 23.6 Å². The molecule has 2 aliphatic heterocycles. The van der Waals surface area contributed by atoms with Crippen LogP contribution in [0.15, 0.2) is 36.4 Å². The SMILES string of the molecule is CCCCCCCCCCCCCCCCCC(=O)Nc1c2cccc1CN(C(=O)CCCCCCCCC(=O)N1Cc3cccc(c3NC(=O)CCCCCCCCCCCCCCCCC)C1)C2. The lowest BCUT2D eigenvalue weighted by Gasteiger charge is -2.31. The molecule has 0 aliphatic carbocycles. The molecule has 394 valence electrons. The molecule has 0 spiro atoms. The Kier molecular flexibility index (Phi) is 32.0. The maximum Gasteiger partial charge on any atom is 0.224 e. The number of benzene rings is 2. The molecule has 2 N–H and O–H groups in total. The summed E-state index contributed by atoms with van der Waals surface area (Å²) < 4.78 is 0. The number of nitrogens with zero attached hydrogens (tertiary/aromatic N) is 2. The Morgan fingerprint density at radius 1 is 0.329 bits per heavy atom. The fourth-order valence-corrected chi connectivity index (χ4v) is 10.7. The standard InChI is InChI=1S/C62H102N4O4/c1-3-5-7-9-11-13-15-17-19-21-23-25-27-31-35-45-57(67)63-61-53-41-39-42-54(61)50-65(49-53)59(69)47-37-33-29-30-34-38-48-60(70)66-51-55-43-40-44-56(52-66)62(55)64-58(68)46-36-32-28-26-24-22-20-18-16-14-12-10-8-6-4-2/h39-44H,3-38,45-52H2,1-2H3,(H,63,67)(H,64,68). The Morgan fingerprint density at radius 3 is 0.786 bits per heavy atom. The van der Waals surface area contributed by atoms with Gasteiger partial charge in [-0.05, 0) is 47.9 Å². The largest absolute Gasteiger partial charge is 0.334 e. The summed E-state index contributed by atoms with van der Waals surface area (Å²) in [5, 5.41) is 6.41. The second kappa shape index (κ2) is 38.0. The van der Waals surface area contributed by atoms with Crippen LogP contribution < -0.4 is 10.6 Å². The molecule has 0 aromatic heterocycles. The Labute approximate surface area is 428 Å². The Balaban J connectivity index is 0.965. The highest BCUT2D eigenvalue weighted by molar-refractivity contribution is 5.93. The number of rotatable bonds is 43. The van der Waals surface area contributed by atoms with Crippen LogP contribution in [0.2, 0.25) is 0 Å². The van der Waals surface area contributed by atoms with Crippen LogP contribution >= 0.6 is 0 Å². The van der Waals surface area contributed by atoms with Crippen molar-refractivity contribution in [3.8, 4) is 0 Å². The fourth-order valence-electron chi connectivity index (χ4n) is 10.7. The van der Waals surface area contributed by atoms with E-state index in [0.29, 0.717) is 51.9 Å². The summed E-state index contributed by atoms with van der Waals surface area (Å²) in [5.41, 5.74) is 5.95. The zero-order valence-electron chi connectivity index (χ0n) is 45.1. The zero-order chi connectivity index (χ0) is 49.7. The van der Waals surface area contributed by atoms with Gasteiger partial charge in [-0.25, -0.2) is 0 Å². The number of para-hydroxylation sites is 2. The van der Waals surface area contributed by atoms with Gasteiger partial charge in [-0.2, -0.15) is 0 Å². The third kappa shape index (κ3) is 25.1. The Bertz CT molecular complexity index is 1570. The molecule has 0 saturated heterocycles. The summed E-state index contributed by atoms with van der Waals surface area (Å²) in [5.74, 6) is 0.541. The average Bonchev–Trinajstić information content (AvgIpc) is 3.34. The van der Waals surface area contributed by atoms with Gasteiger partial charge in [0.1, 0.15) is 0 Å². The number of unbranched alkanes of at least 4 members (excludes halogenated alkanes) is 33. The van der Waals surface area contributed by atoms with Crippen molar-refractivity contribution in [1.29, 1.82) is 0 Å². The number of hydrogen-bond donors (Lipinski definition) is 2. The molecular formula is C62H102N4O4. The molecule has 2 aromatic carbocycles. The van der Waals surface area contributed by atoms with Crippen LogP contribution in [0.3, 0.4) is 0 Å². The first-order valence-electron chi connectivity index (χ1n) is 29.8. The lowest BCUT2D eigenvalue weighted by molar-refractivity contribution is -0.133. The molecule has 0 fully saturated rings. The molecule has 4 amide bonds. The summed E-state index contributed by atoms with van der Waals surface area (Å²) in [6.45, 7) is 6.75. The van der Waals surface area contributed by atoms with Gasteiger partial charge in [0.05, 0.1) is 11.4 Å². The Hall–Kier alpha value is -3.68. The third-order valence-corrected chi connectivity index (χ3v) is 15.2. The van der Waals surface area contributed by atoms with Gasteiger partial charge >= 0.3 is 0 Å². The molecular weight excluding hydrogens is 865 g/mol. The smallest absolute Gasteiger partial charge is 0.224 e. The first-order chi connectivity index (χ1) is 34.4. The lowest BCUT2D eigenvalue weighted by Crippen LogP contribution is -2.34. The number of fused-ring (bicyclic) bond motifs is 4. The van der Waals surface area contributed by atoms with E-state index in [2.05, 4.69) is 24.5 Å². The van der Waals surface area contributed by atoms with Crippen LogP contribution in [0.5, 0.6) is 0 Å². The van der Waals surface area contributed by atoms with E-state index >= 15 is 0 Å². The van der Waals surface area contributed by atoms with Gasteiger partial charge < -0.3 is 20.4 Å². The number of nitrogens with one attached hydrogen (secondary N) is 2. The van der Waals surface area contributed by atoms with E-state index in [9.17, 15) is 19.2 Å². The minimum absolute atomic E-state index is 0.0881. The predicted molar refractivity (Wildman–Crippen MR) is 295 cm³/mol. The van der Waals surface area contributed by atoms with Crippen molar-refractivity contribution < 1.29 is 19.2 Å². The lowest BCUT2D eigenvalue weighted by atomic mass is 9.99.